The van der Waals surface area contributed by atoms with E-state index < -0.39 is 16.9 Å². The number of aromatic hydroxyl groups is 1. The number of nitrogens with zero attached hydrogens (tertiary/aromatic N) is 1. The number of non-ortho nitro benzene ring substituents is 1. The average molecular weight is 225 g/mol. The zero-order valence-corrected chi connectivity index (χ0v) is 8.51. The predicted molar refractivity (Wildman–Crippen MR) is 57.0 cm³/mol. The number of nitrogens with one attached hydrogen (secondary N) is 1. The molecule has 1 atom stereocenters. The van der Waals surface area contributed by atoms with Gasteiger partial charge in [0.25, 0.3) is 5.69 Å². The number of anilines is 1. The molecule has 0 heterocycles. The van der Waals surface area contributed by atoms with Crippen LogP contribution in [0.25, 0.3) is 0 Å². The summed E-state index contributed by atoms with van der Waals surface area (Å²) in [6.45, 7) is 1.48. The maximum Gasteiger partial charge on any atom is 0.273 e. The number of nitro benzene ring substituents is 1. The molecule has 1 amide bonds. The molecule has 0 fully saturated rings. The number of amides is 1. The molecule has 4 N–H and O–H groups in total. The number of phenolic OH excluding ortho intramolecular Hbond substituents is 1. The summed E-state index contributed by atoms with van der Waals surface area (Å²) in [6.07, 6.45) is 0. The zero-order chi connectivity index (χ0) is 12.3. The van der Waals surface area contributed by atoms with E-state index in [0.29, 0.717) is 0 Å². The van der Waals surface area contributed by atoms with Crippen LogP contribution in [0.2, 0.25) is 0 Å². The minimum absolute atomic E-state index is 0.0906. The SMILES string of the molecule is CC(N)C(=O)Nc1ccc([N+](=O)[O-])cc1O. The Kier molecular flexibility index (Phi) is 3.41. The molecule has 0 saturated heterocycles. The number of benzene rings is 1. The Morgan fingerprint density at radius 3 is 2.69 bits per heavy atom. The van der Waals surface area contributed by atoms with Gasteiger partial charge in [-0.2, -0.15) is 0 Å². The van der Waals surface area contributed by atoms with E-state index in [4.69, 9.17) is 5.73 Å². The summed E-state index contributed by atoms with van der Waals surface area (Å²) in [7, 11) is 0. The monoisotopic (exact) mass is 225 g/mol. The minimum Gasteiger partial charge on any atom is -0.506 e. The van der Waals surface area contributed by atoms with Crippen LogP contribution in [0.5, 0.6) is 5.75 Å². The van der Waals surface area contributed by atoms with Gasteiger partial charge in [-0.3, -0.25) is 14.9 Å². The van der Waals surface area contributed by atoms with E-state index in [1.165, 1.54) is 19.1 Å². The first-order valence-corrected chi connectivity index (χ1v) is 4.45. The second kappa shape index (κ2) is 4.58. The minimum atomic E-state index is -0.727. The Balaban J connectivity index is 2.91. The summed E-state index contributed by atoms with van der Waals surface area (Å²) in [5.74, 6) is -0.854. The number of nitro groups is 1. The van der Waals surface area contributed by atoms with Gasteiger partial charge in [0, 0.05) is 6.07 Å². The molecular formula is C9H11N3O4. The molecule has 0 spiro atoms. The Morgan fingerprint density at radius 2 is 2.25 bits per heavy atom. The van der Waals surface area contributed by atoms with Crippen LogP contribution in [0.1, 0.15) is 6.92 Å². The number of carbonyl (C=O) groups is 1. The maximum atomic E-state index is 11.2. The first-order chi connectivity index (χ1) is 7.41. The van der Waals surface area contributed by atoms with Gasteiger partial charge in [0.15, 0.2) is 0 Å². The Hall–Kier alpha value is -2.15. The van der Waals surface area contributed by atoms with Crippen molar-refractivity contribution in [3.8, 4) is 5.75 Å². The number of nitrogens with two attached hydrogens (primary N) is 1. The van der Waals surface area contributed by atoms with Gasteiger partial charge in [-0.25, -0.2) is 0 Å². The first-order valence-electron chi connectivity index (χ1n) is 4.45. The third kappa shape index (κ3) is 2.67. The van der Waals surface area contributed by atoms with E-state index in [0.717, 1.165) is 6.07 Å². The van der Waals surface area contributed by atoms with Crippen LogP contribution in [0.4, 0.5) is 11.4 Å². The molecule has 0 radical (unpaired) electrons. The molecule has 1 unspecified atom stereocenters. The van der Waals surface area contributed by atoms with Gasteiger partial charge in [0.2, 0.25) is 5.91 Å². The van der Waals surface area contributed by atoms with Gasteiger partial charge in [-0.05, 0) is 13.0 Å². The van der Waals surface area contributed by atoms with Gasteiger partial charge in [0.05, 0.1) is 22.7 Å². The van der Waals surface area contributed by atoms with Crippen LogP contribution < -0.4 is 11.1 Å². The Labute approximate surface area is 91.0 Å². The van der Waals surface area contributed by atoms with Crippen molar-refractivity contribution < 1.29 is 14.8 Å². The number of carbonyl (C=O) groups excluding carboxylic acids is 1. The second-order valence-corrected chi connectivity index (χ2v) is 3.24. The van der Waals surface area contributed by atoms with Gasteiger partial charge < -0.3 is 16.2 Å². The summed E-state index contributed by atoms with van der Waals surface area (Å²) in [6, 6.07) is 2.65. The summed E-state index contributed by atoms with van der Waals surface area (Å²) in [5.41, 5.74) is 5.15. The van der Waals surface area contributed by atoms with E-state index in [9.17, 15) is 20.0 Å². The van der Waals surface area contributed by atoms with Crippen LogP contribution in [-0.2, 0) is 4.79 Å². The van der Waals surface area contributed by atoms with E-state index in [-0.39, 0.29) is 17.1 Å². The van der Waals surface area contributed by atoms with Crippen molar-refractivity contribution in [2.45, 2.75) is 13.0 Å². The topological polar surface area (TPSA) is 118 Å². The highest BCUT2D eigenvalue weighted by Gasteiger charge is 2.13. The first kappa shape index (κ1) is 11.9. The Bertz CT molecular complexity index is 431. The second-order valence-electron chi connectivity index (χ2n) is 3.24. The third-order valence-corrected chi connectivity index (χ3v) is 1.86. The lowest BCUT2D eigenvalue weighted by molar-refractivity contribution is -0.384. The summed E-state index contributed by atoms with van der Waals surface area (Å²) in [4.78, 5) is 20.9. The Morgan fingerprint density at radius 1 is 1.62 bits per heavy atom. The molecule has 7 nitrogen and oxygen atoms in total. The lowest BCUT2D eigenvalue weighted by Crippen LogP contribution is -2.32. The molecule has 1 rings (SSSR count). The lowest BCUT2D eigenvalue weighted by Gasteiger charge is -2.08. The smallest absolute Gasteiger partial charge is 0.273 e. The number of rotatable bonds is 3. The number of hydrogen-bond donors (Lipinski definition) is 3. The molecule has 0 aliphatic carbocycles. The summed E-state index contributed by atoms with van der Waals surface area (Å²) < 4.78 is 0. The van der Waals surface area contributed by atoms with Gasteiger partial charge >= 0.3 is 0 Å². The number of phenols is 1. The molecule has 16 heavy (non-hydrogen) atoms. The van der Waals surface area contributed by atoms with E-state index in [1.54, 1.807) is 0 Å². The molecular weight excluding hydrogens is 214 g/mol. The highest BCUT2D eigenvalue weighted by molar-refractivity contribution is 5.95. The number of hydrogen-bond acceptors (Lipinski definition) is 5. The van der Waals surface area contributed by atoms with E-state index in [1.807, 2.05) is 0 Å². The molecule has 86 valence electrons. The van der Waals surface area contributed by atoms with Crippen LogP contribution >= 0.6 is 0 Å². The fourth-order valence-corrected chi connectivity index (χ4v) is 0.986. The zero-order valence-electron chi connectivity index (χ0n) is 8.51. The molecule has 0 saturated carbocycles. The van der Waals surface area contributed by atoms with E-state index >= 15 is 0 Å². The highest BCUT2D eigenvalue weighted by Crippen LogP contribution is 2.27. The molecule has 0 aromatic heterocycles. The normalized spacial score (nSPS) is 11.9. The summed E-state index contributed by atoms with van der Waals surface area (Å²) in [5, 5.41) is 22.1. The van der Waals surface area contributed by atoms with Crippen LogP contribution in [0.15, 0.2) is 18.2 Å². The molecule has 7 heteroatoms. The third-order valence-electron chi connectivity index (χ3n) is 1.86. The van der Waals surface area contributed by atoms with Crippen molar-refractivity contribution in [1.82, 2.24) is 0 Å². The highest BCUT2D eigenvalue weighted by atomic mass is 16.6. The van der Waals surface area contributed by atoms with E-state index in [2.05, 4.69) is 5.32 Å². The molecule has 1 aromatic carbocycles. The van der Waals surface area contributed by atoms with Crippen molar-refractivity contribution in [2.75, 3.05) is 5.32 Å². The average Bonchev–Trinajstić information content (AvgIpc) is 2.20. The van der Waals surface area contributed by atoms with Gasteiger partial charge in [-0.1, -0.05) is 0 Å². The van der Waals surface area contributed by atoms with Crippen LogP contribution in [-0.4, -0.2) is 22.0 Å². The van der Waals surface area contributed by atoms with Crippen molar-refractivity contribution in [3.63, 3.8) is 0 Å². The predicted octanol–water partition coefficient (Wildman–Crippen LogP) is 0.586. The molecule has 0 bridgehead atoms. The fourth-order valence-electron chi connectivity index (χ4n) is 0.986. The molecule has 0 aliphatic rings. The van der Waals surface area contributed by atoms with Crippen LogP contribution in [0.3, 0.4) is 0 Å². The summed E-state index contributed by atoms with van der Waals surface area (Å²) >= 11 is 0. The fraction of sp³-hybridized carbons (Fsp3) is 0.222. The van der Waals surface area contributed by atoms with Crippen molar-refractivity contribution in [1.29, 1.82) is 0 Å². The van der Waals surface area contributed by atoms with Crippen molar-refractivity contribution >= 4 is 17.3 Å². The van der Waals surface area contributed by atoms with Crippen molar-refractivity contribution in [3.05, 3.63) is 28.3 Å². The largest absolute Gasteiger partial charge is 0.506 e. The van der Waals surface area contributed by atoms with Crippen LogP contribution in [0, 0.1) is 10.1 Å². The molecule has 1 aromatic rings. The lowest BCUT2D eigenvalue weighted by atomic mass is 10.2. The molecule has 0 aliphatic heterocycles. The maximum absolute atomic E-state index is 11.2. The van der Waals surface area contributed by atoms with Gasteiger partial charge in [-0.15, -0.1) is 0 Å². The standard InChI is InChI=1S/C9H11N3O4/c1-5(10)9(14)11-7-3-2-6(12(15)16)4-8(7)13/h2-5,13H,10H2,1H3,(H,11,14). The van der Waals surface area contributed by atoms with Gasteiger partial charge in [0.1, 0.15) is 5.75 Å². The quantitative estimate of drug-likeness (QED) is 0.395. The van der Waals surface area contributed by atoms with Crippen molar-refractivity contribution in [2.24, 2.45) is 5.73 Å².